The van der Waals surface area contributed by atoms with E-state index in [1.165, 1.54) is 24.3 Å². The Balaban J connectivity index is 2.11. The average Bonchev–Trinajstić information content (AvgIpc) is 2.78. The lowest BCUT2D eigenvalue weighted by Crippen LogP contribution is -2.08. The van der Waals surface area contributed by atoms with Gasteiger partial charge in [0.2, 0.25) is 0 Å². The Morgan fingerprint density at radius 3 is 2.69 bits per heavy atom. The van der Waals surface area contributed by atoms with Gasteiger partial charge in [-0.05, 0) is 24.0 Å². The van der Waals surface area contributed by atoms with Crippen molar-refractivity contribution < 1.29 is 0 Å². The van der Waals surface area contributed by atoms with E-state index in [-0.39, 0.29) is 0 Å². The van der Waals surface area contributed by atoms with Crippen LogP contribution >= 0.6 is 23.5 Å². The van der Waals surface area contributed by atoms with Gasteiger partial charge in [-0.3, -0.25) is 0 Å². The Labute approximate surface area is 87.5 Å². The molecule has 1 fully saturated rings. The van der Waals surface area contributed by atoms with Gasteiger partial charge in [-0.2, -0.15) is 0 Å². The van der Waals surface area contributed by atoms with E-state index in [2.05, 4.69) is 47.8 Å². The maximum Gasteiger partial charge on any atom is 0.0866 e. The average molecular weight is 208 g/mol. The van der Waals surface area contributed by atoms with Crippen LogP contribution in [0.5, 0.6) is 0 Å². The topological polar surface area (TPSA) is 0 Å². The second-order valence-electron chi connectivity index (χ2n) is 3.61. The summed E-state index contributed by atoms with van der Waals surface area (Å²) in [6, 6.07) is 8.98. The molecule has 0 bridgehead atoms. The Bertz CT molecular complexity index is 327. The fraction of sp³-hybridized carbons (Fsp3) is 0.455. The van der Waals surface area contributed by atoms with E-state index in [1.807, 2.05) is 0 Å². The lowest BCUT2D eigenvalue weighted by atomic mass is 10.1. The van der Waals surface area contributed by atoms with Crippen molar-refractivity contribution in [3.63, 3.8) is 0 Å². The largest absolute Gasteiger partial charge is 0.139 e. The number of fused-ring (bicyclic) bond motifs is 2. The molecule has 0 amide bonds. The van der Waals surface area contributed by atoms with Gasteiger partial charge in [-0.25, -0.2) is 0 Å². The zero-order valence-electron chi connectivity index (χ0n) is 7.45. The highest BCUT2D eigenvalue weighted by atomic mass is 32.2. The molecule has 0 nitrogen and oxygen atoms in total. The molecule has 0 atom stereocenters. The fourth-order valence-corrected chi connectivity index (χ4v) is 5.66. The number of hydrogen-bond acceptors (Lipinski definition) is 2. The first-order valence-electron chi connectivity index (χ1n) is 4.77. The number of benzene rings is 1. The van der Waals surface area contributed by atoms with E-state index in [4.69, 9.17) is 0 Å². The van der Waals surface area contributed by atoms with E-state index in [9.17, 15) is 0 Å². The van der Waals surface area contributed by atoms with Gasteiger partial charge < -0.3 is 0 Å². The van der Waals surface area contributed by atoms with Crippen LogP contribution in [-0.4, -0.2) is 11.5 Å². The highest BCUT2D eigenvalue weighted by Gasteiger charge is 2.42. The normalized spacial score (nSPS) is 23.7. The van der Waals surface area contributed by atoms with Gasteiger partial charge in [0.15, 0.2) is 0 Å². The van der Waals surface area contributed by atoms with Gasteiger partial charge in [-0.1, -0.05) is 24.3 Å². The van der Waals surface area contributed by atoms with Crippen molar-refractivity contribution in [1.29, 1.82) is 0 Å². The van der Waals surface area contributed by atoms with Crippen molar-refractivity contribution in [2.24, 2.45) is 0 Å². The quantitative estimate of drug-likeness (QED) is 0.642. The molecule has 2 aliphatic rings. The van der Waals surface area contributed by atoms with Crippen molar-refractivity contribution >= 4 is 23.5 Å². The van der Waals surface area contributed by atoms with Gasteiger partial charge >= 0.3 is 0 Å². The van der Waals surface area contributed by atoms with Crippen molar-refractivity contribution in [1.82, 2.24) is 0 Å². The molecular weight excluding hydrogens is 196 g/mol. The van der Waals surface area contributed by atoms with Crippen LogP contribution in [0.3, 0.4) is 0 Å². The molecule has 3 rings (SSSR count). The summed E-state index contributed by atoms with van der Waals surface area (Å²) in [5, 5.41) is 0. The van der Waals surface area contributed by atoms with Crippen molar-refractivity contribution in [3.05, 3.63) is 35.4 Å². The zero-order valence-corrected chi connectivity index (χ0v) is 9.09. The maximum absolute atomic E-state index is 2.33. The van der Waals surface area contributed by atoms with Crippen LogP contribution in [-0.2, 0) is 10.5 Å². The summed E-state index contributed by atoms with van der Waals surface area (Å²) in [5.74, 6) is 2.66. The van der Waals surface area contributed by atoms with Crippen LogP contribution in [0.15, 0.2) is 24.3 Å². The third kappa shape index (κ3) is 1.15. The minimum absolute atomic E-state index is 0.455. The third-order valence-electron chi connectivity index (χ3n) is 2.90. The minimum atomic E-state index is 0.455. The molecule has 1 saturated heterocycles. The molecule has 0 saturated carbocycles. The number of aryl methyl sites for hydroxylation is 1. The van der Waals surface area contributed by atoms with Crippen LogP contribution < -0.4 is 0 Å². The summed E-state index contributed by atoms with van der Waals surface area (Å²) in [6.07, 6.45) is 2.64. The number of rotatable bonds is 0. The number of hydrogen-bond donors (Lipinski definition) is 0. The van der Waals surface area contributed by atoms with Crippen molar-refractivity contribution in [3.8, 4) is 0 Å². The first-order chi connectivity index (χ1) is 6.41. The predicted octanol–water partition coefficient (Wildman–Crippen LogP) is 3.27. The lowest BCUT2D eigenvalue weighted by molar-refractivity contribution is 0.844. The molecule has 68 valence electrons. The standard InChI is InChI=1S/C11H12S2/c1-2-4-10-9(3-1)5-6-11(10)12-7-8-13-11/h1-4H,5-8H2. The molecule has 13 heavy (non-hydrogen) atoms. The molecule has 1 aromatic rings. The van der Waals surface area contributed by atoms with Crippen LogP contribution in [0.2, 0.25) is 0 Å². The molecule has 0 radical (unpaired) electrons. The molecule has 0 aromatic heterocycles. The van der Waals surface area contributed by atoms with Crippen LogP contribution in [0, 0.1) is 0 Å². The van der Waals surface area contributed by atoms with Crippen LogP contribution in [0.1, 0.15) is 17.5 Å². The third-order valence-corrected chi connectivity index (χ3v) is 6.47. The molecule has 0 N–H and O–H groups in total. The van der Waals surface area contributed by atoms with Gasteiger partial charge in [0, 0.05) is 11.5 Å². The Morgan fingerprint density at radius 1 is 1.08 bits per heavy atom. The minimum Gasteiger partial charge on any atom is -0.139 e. The summed E-state index contributed by atoms with van der Waals surface area (Å²) >= 11 is 4.32. The molecule has 1 aliphatic carbocycles. The highest BCUT2D eigenvalue weighted by Crippen LogP contribution is 2.58. The predicted molar refractivity (Wildman–Crippen MR) is 61.4 cm³/mol. The summed E-state index contributed by atoms with van der Waals surface area (Å²) in [6.45, 7) is 0. The molecule has 1 spiro atoms. The maximum atomic E-state index is 2.33. The van der Waals surface area contributed by atoms with E-state index in [0.717, 1.165) is 0 Å². The van der Waals surface area contributed by atoms with Crippen LogP contribution in [0.4, 0.5) is 0 Å². The molecule has 0 unspecified atom stereocenters. The Morgan fingerprint density at radius 2 is 1.85 bits per heavy atom. The summed E-state index contributed by atoms with van der Waals surface area (Å²) in [7, 11) is 0. The smallest absolute Gasteiger partial charge is 0.0866 e. The van der Waals surface area contributed by atoms with E-state index in [0.29, 0.717) is 4.08 Å². The van der Waals surface area contributed by atoms with Gasteiger partial charge in [-0.15, -0.1) is 23.5 Å². The summed E-state index contributed by atoms with van der Waals surface area (Å²) < 4.78 is 0.455. The zero-order chi connectivity index (χ0) is 8.73. The molecule has 1 heterocycles. The van der Waals surface area contributed by atoms with Gasteiger partial charge in [0.05, 0.1) is 4.08 Å². The lowest BCUT2D eigenvalue weighted by Gasteiger charge is -2.21. The highest BCUT2D eigenvalue weighted by molar-refractivity contribution is 8.20. The van der Waals surface area contributed by atoms with Gasteiger partial charge in [0.1, 0.15) is 0 Å². The molecule has 1 aromatic carbocycles. The van der Waals surface area contributed by atoms with E-state index >= 15 is 0 Å². The van der Waals surface area contributed by atoms with Gasteiger partial charge in [0.25, 0.3) is 0 Å². The second-order valence-corrected chi connectivity index (χ2v) is 6.65. The fourth-order valence-electron chi connectivity index (χ4n) is 2.30. The molecule has 1 aliphatic heterocycles. The van der Waals surface area contributed by atoms with Crippen molar-refractivity contribution in [2.45, 2.75) is 16.9 Å². The van der Waals surface area contributed by atoms with Crippen molar-refractivity contribution in [2.75, 3.05) is 11.5 Å². The summed E-state index contributed by atoms with van der Waals surface area (Å²) in [5.41, 5.74) is 3.20. The Hall–Kier alpha value is -0.0800. The molecular formula is C11H12S2. The molecule has 2 heteroatoms. The first-order valence-corrected chi connectivity index (χ1v) is 6.74. The monoisotopic (exact) mass is 208 g/mol. The SMILES string of the molecule is c1ccc2c(c1)CCC21SCCS1. The van der Waals surface area contributed by atoms with E-state index < -0.39 is 0 Å². The number of thioether (sulfide) groups is 2. The Kier molecular flexibility index (Phi) is 1.88. The first kappa shape index (κ1) is 8.25. The van der Waals surface area contributed by atoms with Crippen LogP contribution in [0.25, 0.3) is 0 Å². The second kappa shape index (κ2) is 2.96. The summed E-state index contributed by atoms with van der Waals surface area (Å²) in [4.78, 5) is 0. The van der Waals surface area contributed by atoms with E-state index in [1.54, 1.807) is 11.1 Å².